The van der Waals surface area contributed by atoms with Crippen molar-refractivity contribution >= 4 is 17.7 Å². The van der Waals surface area contributed by atoms with Crippen molar-refractivity contribution in [2.75, 3.05) is 5.73 Å². The summed E-state index contributed by atoms with van der Waals surface area (Å²) in [4.78, 5) is 27.8. The van der Waals surface area contributed by atoms with Crippen LogP contribution in [0.4, 0.5) is 5.95 Å². The van der Waals surface area contributed by atoms with E-state index in [0.29, 0.717) is 6.54 Å². The lowest BCUT2D eigenvalue weighted by molar-refractivity contribution is 0.0693. The van der Waals surface area contributed by atoms with Crippen LogP contribution in [0.25, 0.3) is 16.9 Å². The molecule has 8 nitrogen and oxygen atoms in total. The van der Waals surface area contributed by atoms with Gasteiger partial charge in [-0.15, -0.1) is 5.10 Å². The summed E-state index contributed by atoms with van der Waals surface area (Å²) in [6.45, 7) is 0.299. The highest BCUT2D eigenvalue weighted by Gasteiger charge is 2.18. The van der Waals surface area contributed by atoms with Gasteiger partial charge in [0, 0.05) is 6.20 Å². The molecule has 0 bridgehead atoms. The highest BCUT2D eigenvalue weighted by atomic mass is 16.4. The van der Waals surface area contributed by atoms with E-state index >= 15 is 0 Å². The van der Waals surface area contributed by atoms with Gasteiger partial charge in [0.1, 0.15) is 5.56 Å². The number of carbonyl (C=O) groups is 1. The minimum atomic E-state index is -1.33. The van der Waals surface area contributed by atoms with E-state index in [1.54, 1.807) is 4.57 Å². The minimum absolute atomic E-state index is 0.0975. The van der Waals surface area contributed by atoms with Crippen LogP contribution < -0.4 is 11.3 Å². The SMILES string of the molecule is Nc1nc2n(Cc3ccccc3-c3ccccc3)cc(C(=O)O)c(=O)n2n1. The molecule has 2 heterocycles. The molecule has 134 valence electrons. The largest absolute Gasteiger partial charge is 0.477 e. The molecule has 4 rings (SSSR count). The van der Waals surface area contributed by atoms with Gasteiger partial charge in [0.25, 0.3) is 5.56 Å². The van der Waals surface area contributed by atoms with Crippen molar-refractivity contribution in [2.24, 2.45) is 0 Å². The van der Waals surface area contributed by atoms with Crippen molar-refractivity contribution in [2.45, 2.75) is 6.54 Å². The molecule has 0 saturated carbocycles. The molecule has 0 unspecified atom stereocenters. The van der Waals surface area contributed by atoms with Crippen LogP contribution >= 0.6 is 0 Å². The predicted octanol–water partition coefficient (Wildman–Crippen LogP) is 1.89. The van der Waals surface area contributed by atoms with Crippen LogP contribution in [-0.2, 0) is 6.54 Å². The Balaban J connectivity index is 1.90. The summed E-state index contributed by atoms with van der Waals surface area (Å²) >= 11 is 0. The molecule has 0 aliphatic carbocycles. The normalized spacial score (nSPS) is 11.0. The highest BCUT2D eigenvalue weighted by molar-refractivity contribution is 5.87. The molecular weight excluding hydrogens is 346 g/mol. The maximum absolute atomic E-state index is 12.3. The van der Waals surface area contributed by atoms with Gasteiger partial charge in [0.2, 0.25) is 11.7 Å². The smallest absolute Gasteiger partial charge is 0.342 e. The number of nitrogen functional groups attached to an aromatic ring is 1. The highest BCUT2D eigenvalue weighted by Crippen LogP contribution is 2.24. The monoisotopic (exact) mass is 361 g/mol. The van der Waals surface area contributed by atoms with E-state index in [0.717, 1.165) is 21.2 Å². The maximum Gasteiger partial charge on any atom is 0.342 e. The minimum Gasteiger partial charge on any atom is -0.477 e. The van der Waals surface area contributed by atoms with E-state index in [4.69, 9.17) is 5.73 Å². The molecule has 4 aromatic rings. The number of rotatable bonds is 4. The number of carboxylic acids is 1. The van der Waals surface area contributed by atoms with E-state index in [1.807, 2.05) is 54.6 Å². The standard InChI is InChI=1S/C19H15N5O3/c20-18-21-19-23(11-15(17(26)27)16(25)24(19)22-18)10-13-8-4-5-9-14(13)12-6-2-1-3-7-12/h1-9,11H,10H2,(H2,20,22)(H,26,27). The number of anilines is 1. The molecule has 3 N–H and O–H groups in total. The van der Waals surface area contributed by atoms with Crippen molar-refractivity contribution < 1.29 is 9.90 Å². The summed E-state index contributed by atoms with van der Waals surface area (Å²) in [5.74, 6) is -1.24. The summed E-state index contributed by atoms with van der Waals surface area (Å²) in [6, 6.07) is 17.6. The number of nitrogens with zero attached hydrogens (tertiary/aromatic N) is 4. The average molecular weight is 361 g/mol. The van der Waals surface area contributed by atoms with Gasteiger partial charge >= 0.3 is 5.97 Å². The Kier molecular flexibility index (Phi) is 3.92. The zero-order valence-corrected chi connectivity index (χ0v) is 14.1. The van der Waals surface area contributed by atoms with Gasteiger partial charge < -0.3 is 15.4 Å². The Bertz CT molecular complexity index is 1210. The van der Waals surface area contributed by atoms with Crippen LogP contribution in [0, 0.1) is 0 Å². The molecule has 0 spiro atoms. The number of aromatic carboxylic acids is 1. The average Bonchev–Trinajstić information content (AvgIpc) is 3.07. The van der Waals surface area contributed by atoms with Crippen LogP contribution in [-0.4, -0.2) is 30.2 Å². The van der Waals surface area contributed by atoms with Crippen molar-refractivity contribution in [3.63, 3.8) is 0 Å². The Morgan fingerprint density at radius 1 is 1.07 bits per heavy atom. The summed E-state index contributed by atoms with van der Waals surface area (Å²) in [5.41, 5.74) is 7.43. The van der Waals surface area contributed by atoms with Gasteiger partial charge in [-0.05, 0) is 16.7 Å². The Hall–Kier alpha value is -3.94. The third-order valence-corrected chi connectivity index (χ3v) is 4.24. The fourth-order valence-corrected chi connectivity index (χ4v) is 3.03. The molecule has 0 aliphatic heterocycles. The quantitative estimate of drug-likeness (QED) is 0.573. The van der Waals surface area contributed by atoms with Crippen LogP contribution in [0.2, 0.25) is 0 Å². The van der Waals surface area contributed by atoms with Gasteiger partial charge in [-0.25, -0.2) is 4.79 Å². The molecule has 0 aliphatic rings. The van der Waals surface area contributed by atoms with E-state index in [2.05, 4.69) is 10.1 Å². The lowest BCUT2D eigenvalue weighted by Gasteiger charge is -2.13. The first-order chi connectivity index (χ1) is 13.0. The summed E-state index contributed by atoms with van der Waals surface area (Å²) in [5, 5.41) is 13.2. The second-order valence-electron chi connectivity index (χ2n) is 5.99. The number of hydrogen-bond donors (Lipinski definition) is 2. The summed E-state index contributed by atoms with van der Waals surface area (Å²) in [7, 11) is 0. The lowest BCUT2D eigenvalue weighted by atomic mass is 10.00. The van der Waals surface area contributed by atoms with E-state index in [9.17, 15) is 14.7 Å². The first-order valence-electron chi connectivity index (χ1n) is 8.17. The third kappa shape index (κ3) is 2.93. The van der Waals surface area contributed by atoms with Crippen molar-refractivity contribution in [1.29, 1.82) is 0 Å². The number of benzene rings is 2. The van der Waals surface area contributed by atoms with Crippen LogP contribution in [0.15, 0.2) is 65.6 Å². The molecule has 0 radical (unpaired) electrons. The predicted molar refractivity (Wildman–Crippen MR) is 99.6 cm³/mol. The van der Waals surface area contributed by atoms with Crippen LogP contribution in [0.3, 0.4) is 0 Å². The van der Waals surface area contributed by atoms with Gasteiger partial charge in [-0.1, -0.05) is 54.6 Å². The summed E-state index contributed by atoms with van der Waals surface area (Å²) < 4.78 is 2.49. The third-order valence-electron chi connectivity index (χ3n) is 4.24. The zero-order chi connectivity index (χ0) is 19.0. The van der Waals surface area contributed by atoms with Gasteiger partial charge in [-0.2, -0.15) is 9.50 Å². The fraction of sp³-hybridized carbons (Fsp3) is 0.0526. The van der Waals surface area contributed by atoms with E-state index < -0.39 is 17.1 Å². The molecule has 0 atom stereocenters. The lowest BCUT2D eigenvalue weighted by Crippen LogP contribution is -2.26. The van der Waals surface area contributed by atoms with E-state index in [1.165, 1.54) is 6.20 Å². The second-order valence-corrected chi connectivity index (χ2v) is 5.99. The first kappa shape index (κ1) is 16.5. The zero-order valence-electron chi connectivity index (χ0n) is 14.1. The number of aromatic nitrogens is 4. The van der Waals surface area contributed by atoms with Gasteiger partial charge in [-0.3, -0.25) is 4.79 Å². The molecule has 0 fully saturated rings. The summed E-state index contributed by atoms with van der Waals surface area (Å²) in [6.07, 6.45) is 1.27. The topological polar surface area (TPSA) is 116 Å². The Morgan fingerprint density at radius 2 is 1.78 bits per heavy atom. The molecule has 2 aromatic carbocycles. The van der Waals surface area contributed by atoms with Crippen molar-refractivity contribution in [3.8, 4) is 11.1 Å². The van der Waals surface area contributed by atoms with Gasteiger partial charge in [0.15, 0.2) is 0 Å². The van der Waals surface area contributed by atoms with Crippen molar-refractivity contribution in [3.05, 3.63) is 82.3 Å². The number of nitrogens with two attached hydrogens (primary N) is 1. The number of fused-ring (bicyclic) bond motifs is 1. The second kappa shape index (κ2) is 6.41. The Labute approximate surface area is 153 Å². The van der Waals surface area contributed by atoms with Crippen LogP contribution in [0.1, 0.15) is 15.9 Å². The van der Waals surface area contributed by atoms with E-state index in [-0.39, 0.29) is 11.7 Å². The van der Waals surface area contributed by atoms with Gasteiger partial charge in [0.05, 0.1) is 6.54 Å². The first-order valence-corrected chi connectivity index (χ1v) is 8.17. The molecule has 2 aromatic heterocycles. The molecular formula is C19H15N5O3. The number of hydrogen-bond acceptors (Lipinski definition) is 5. The molecule has 27 heavy (non-hydrogen) atoms. The fourth-order valence-electron chi connectivity index (χ4n) is 3.03. The number of carboxylic acid groups (broad SMARTS) is 1. The van der Waals surface area contributed by atoms with Crippen molar-refractivity contribution in [1.82, 2.24) is 19.2 Å². The Morgan fingerprint density at radius 3 is 2.52 bits per heavy atom. The molecule has 0 amide bonds. The molecule has 8 heteroatoms. The maximum atomic E-state index is 12.3. The van der Waals surface area contributed by atoms with Crippen LogP contribution in [0.5, 0.6) is 0 Å². The molecule has 0 saturated heterocycles.